The van der Waals surface area contributed by atoms with E-state index in [4.69, 9.17) is 5.11 Å². The van der Waals surface area contributed by atoms with Gasteiger partial charge in [0.15, 0.2) is 0 Å². The highest BCUT2D eigenvalue weighted by Gasteiger charge is 2.35. The molecular weight excluding hydrogens is 161 g/mol. The SMILES string of the molecule is C=C1CN(C)CC(F)C1C(=O)O. The molecule has 0 aliphatic carbocycles. The van der Waals surface area contributed by atoms with Crippen LogP contribution in [0.15, 0.2) is 12.2 Å². The molecule has 1 aliphatic heterocycles. The van der Waals surface area contributed by atoms with Gasteiger partial charge < -0.3 is 5.11 Å². The third-order valence-corrected chi connectivity index (χ3v) is 2.03. The summed E-state index contributed by atoms with van der Waals surface area (Å²) in [5.41, 5.74) is 0.448. The Morgan fingerprint density at radius 2 is 2.42 bits per heavy atom. The lowest BCUT2D eigenvalue weighted by Crippen LogP contribution is -2.44. The number of likely N-dealkylation sites (N-methyl/N-ethyl adjacent to an activating group) is 1. The summed E-state index contributed by atoms with van der Waals surface area (Å²) in [6.07, 6.45) is -1.33. The molecule has 1 fully saturated rings. The van der Waals surface area contributed by atoms with Crippen molar-refractivity contribution >= 4 is 5.97 Å². The fraction of sp³-hybridized carbons (Fsp3) is 0.625. The predicted molar refractivity (Wildman–Crippen MR) is 42.7 cm³/mol. The topological polar surface area (TPSA) is 40.5 Å². The Bertz CT molecular complexity index is 217. The molecule has 0 bridgehead atoms. The number of rotatable bonds is 1. The normalized spacial score (nSPS) is 32.0. The largest absolute Gasteiger partial charge is 0.481 e. The highest BCUT2D eigenvalue weighted by molar-refractivity contribution is 5.74. The Morgan fingerprint density at radius 1 is 1.83 bits per heavy atom. The van der Waals surface area contributed by atoms with Crippen LogP contribution in [0.5, 0.6) is 0 Å². The van der Waals surface area contributed by atoms with Gasteiger partial charge in [0.2, 0.25) is 0 Å². The first-order valence-electron chi connectivity index (χ1n) is 3.75. The first-order valence-corrected chi connectivity index (χ1v) is 3.75. The second kappa shape index (κ2) is 3.23. The number of nitrogens with zero attached hydrogens (tertiary/aromatic N) is 1. The van der Waals surface area contributed by atoms with E-state index in [1.807, 2.05) is 0 Å². The van der Waals surface area contributed by atoms with Crippen molar-refractivity contribution in [2.45, 2.75) is 6.17 Å². The van der Waals surface area contributed by atoms with Crippen LogP contribution in [-0.2, 0) is 4.79 Å². The molecule has 0 aromatic rings. The van der Waals surface area contributed by atoms with E-state index in [1.165, 1.54) is 0 Å². The molecule has 0 amide bonds. The second-order valence-electron chi connectivity index (χ2n) is 3.19. The van der Waals surface area contributed by atoms with Gasteiger partial charge in [0.05, 0.1) is 0 Å². The number of halogens is 1. The molecule has 0 spiro atoms. The van der Waals surface area contributed by atoms with E-state index < -0.39 is 18.1 Å². The summed E-state index contributed by atoms with van der Waals surface area (Å²) in [6, 6.07) is 0. The van der Waals surface area contributed by atoms with Crippen LogP contribution in [-0.4, -0.2) is 42.3 Å². The first kappa shape index (κ1) is 9.19. The summed E-state index contributed by atoms with van der Waals surface area (Å²) in [5.74, 6) is -2.12. The summed E-state index contributed by atoms with van der Waals surface area (Å²) in [4.78, 5) is 12.3. The van der Waals surface area contributed by atoms with Crippen molar-refractivity contribution in [1.82, 2.24) is 4.90 Å². The van der Waals surface area contributed by atoms with Crippen LogP contribution in [0, 0.1) is 5.92 Å². The minimum atomic E-state index is -1.33. The van der Waals surface area contributed by atoms with Crippen LogP contribution in [0.4, 0.5) is 4.39 Å². The van der Waals surface area contributed by atoms with Crippen LogP contribution >= 0.6 is 0 Å². The molecule has 68 valence electrons. The number of carboxylic acid groups (broad SMARTS) is 1. The lowest BCUT2D eigenvalue weighted by molar-refractivity contribution is -0.143. The van der Waals surface area contributed by atoms with E-state index in [1.54, 1.807) is 11.9 Å². The zero-order chi connectivity index (χ0) is 9.30. The summed E-state index contributed by atoms with van der Waals surface area (Å²) in [6.45, 7) is 4.20. The predicted octanol–water partition coefficient (Wildman–Crippen LogP) is 0.527. The number of piperidine rings is 1. The van der Waals surface area contributed by atoms with Crippen molar-refractivity contribution in [3.05, 3.63) is 12.2 Å². The molecule has 1 saturated heterocycles. The molecule has 2 unspecified atom stereocenters. The summed E-state index contributed by atoms with van der Waals surface area (Å²) in [5, 5.41) is 8.65. The van der Waals surface area contributed by atoms with Gasteiger partial charge >= 0.3 is 5.97 Å². The second-order valence-corrected chi connectivity index (χ2v) is 3.19. The van der Waals surface area contributed by atoms with Gasteiger partial charge in [0.25, 0.3) is 0 Å². The van der Waals surface area contributed by atoms with Crippen LogP contribution in [0.1, 0.15) is 0 Å². The molecule has 0 radical (unpaired) electrons. The van der Waals surface area contributed by atoms with Gasteiger partial charge in [-0.3, -0.25) is 9.69 Å². The maximum absolute atomic E-state index is 13.1. The average molecular weight is 173 g/mol. The summed E-state index contributed by atoms with van der Waals surface area (Å²) < 4.78 is 13.1. The van der Waals surface area contributed by atoms with Crippen LogP contribution in [0.3, 0.4) is 0 Å². The number of hydrogen-bond acceptors (Lipinski definition) is 2. The van der Waals surface area contributed by atoms with E-state index in [9.17, 15) is 9.18 Å². The molecule has 1 heterocycles. The number of aliphatic carboxylic acids is 1. The monoisotopic (exact) mass is 173 g/mol. The van der Waals surface area contributed by atoms with Gasteiger partial charge in [-0.2, -0.15) is 0 Å². The molecular formula is C8H12FNO2. The van der Waals surface area contributed by atoms with Gasteiger partial charge in [-0.25, -0.2) is 4.39 Å². The molecule has 1 aliphatic rings. The van der Waals surface area contributed by atoms with Gasteiger partial charge in [-0.1, -0.05) is 6.58 Å². The van der Waals surface area contributed by atoms with E-state index in [2.05, 4.69) is 6.58 Å². The zero-order valence-electron chi connectivity index (χ0n) is 6.96. The molecule has 0 aromatic heterocycles. The van der Waals surface area contributed by atoms with Gasteiger partial charge in [0.1, 0.15) is 12.1 Å². The van der Waals surface area contributed by atoms with E-state index in [0.29, 0.717) is 12.1 Å². The van der Waals surface area contributed by atoms with E-state index in [0.717, 1.165) is 0 Å². The van der Waals surface area contributed by atoms with Crippen LogP contribution in [0.2, 0.25) is 0 Å². The minimum Gasteiger partial charge on any atom is -0.481 e. The van der Waals surface area contributed by atoms with Gasteiger partial charge in [-0.05, 0) is 12.6 Å². The lowest BCUT2D eigenvalue weighted by Gasteiger charge is -2.31. The van der Waals surface area contributed by atoms with Crippen molar-refractivity contribution < 1.29 is 14.3 Å². The molecule has 2 atom stereocenters. The number of alkyl halides is 1. The van der Waals surface area contributed by atoms with Crippen LogP contribution in [0.25, 0.3) is 0 Å². The van der Waals surface area contributed by atoms with E-state index in [-0.39, 0.29) is 6.54 Å². The average Bonchev–Trinajstić information content (AvgIpc) is 1.82. The lowest BCUT2D eigenvalue weighted by atomic mass is 9.91. The quantitative estimate of drug-likeness (QED) is 0.588. The van der Waals surface area contributed by atoms with Crippen molar-refractivity contribution in [3.63, 3.8) is 0 Å². The Balaban J connectivity index is 2.73. The number of hydrogen-bond donors (Lipinski definition) is 1. The number of likely N-dealkylation sites (tertiary alicyclic amines) is 1. The molecule has 4 heteroatoms. The number of carboxylic acids is 1. The van der Waals surface area contributed by atoms with Gasteiger partial charge in [-0.15, -0.1) is 0 Å². The Kier molecular flexibility index (Phi) is 2.47. The Labute approximate surface area is 70.5 Å². The molecule has 0 aromatic carbocycles. The maximum atomic E-state index is 13.1. The molecule has 1 N–H and O–H groups in total. The number of carbonyl (C=O) groups is 1. The standard InChI is InChI=1S/C8H12FNO2/c1-5-3-10(2)4-6(9)7(5)8(11)12/h6-7H,1,3-4H2,2H3,(H,11,12). The van der Waals surface area contributed by atoms with Crippen molar-refractivity contribution in [3.8, 4) is 0 Å². The molecule has 12 heavy (non-hydrogen) atoms. The third-order valence-electron chi connectivity index (χ3n) is 2.03. The molecule has 0 saturated carbocycles. The van der Waals surface area contributed by atoms with Crippen LogP contribution < -0.4 is 0 Å². The minimum absolute atomic E-state index is 0.177. The highest BCUT2D eigenvalue weighted by atomic mass is 19.1. The van der Waals surface area contributed by atoms with Crippen molar-refractivity contribution in [2.24, 2.45) is 5.92 Å². The van der Waals surface area contributed by atoms with Gasteiger partial charge in [0, 0.05) is 13.1 Å². The summed E-state index contributed by atoms with van der Waals surface area (Å²) in [7, 11) is 1.75. The fourth-order valence-corrected chi connectivity index (χ4v) is 1.50. The third kappa shape index (κ3) is 1.64. The van der Waals surface area contributed by atoms with Crippen molar-refractivity contribution in [1.29, 1.82) is 0 Å². The smallest absolute Gasteiger partial charge is 0.313 e. The first-order chi connectivity index (χ1) is 5.52. The fourth-order valence-electron chi connectivity index (χ4n) is 1.50. The summed E-state index contributed by atoms with van der Waals surface area (Å²) >= 11 is 0. The Hall–Kier alpha value is -0.900. The Morgan fingerprint density at radius 3 is 2.83 bits per heavy atom. The maximum Gasteiger partial charge on any atom is 0.313 e. The highest BCUT2D eigenvalue weighted by Crippen LogP contribution is 2.23. The molecule has 1 rings (SSSR count). The van der Waals surface area contributed by atoms with E-state index >= 15 is 0 Å². The zero-order valence-corrected chi connectivity index (χ0v) is 6.96. The molecule has 3 nitrogen and oxygen atoms in total. The van der Waals surface area contributed by atoms with Crippen molar-refractivity contribution in [2.75, 3.05) is 20.1 Å².